The summed E-state index contributed by atoms with van der Waals surface area (Å²) in [7, 11) is 0. The summed E-state index contributed by atoms with van der Waals surface area (Å²) in [6.45, 7) is 4.52. The number of ether oxygens (including phenoxy) is 2. The first kappa shape index (κ1) is 34.3. The molecule has 1 aliphatic heterocycles. The molecular weight excluding hydrogens is 735 g/mol. The van der Waals surface area contributed by atoms with Crippen molar-refractivity contribution in [3.8, 4) is 79.4 Å². The van der Waals surface area contributed by atoms with Crippen molar-refractivity contribution in [2.45, 2.75) is 24.7 Å². The van der Waals surface area contributed by atoms with Gasteiger partial charge in [0.2, 0.25) is 0 Å². The van der Waals surface area contributed by atoms with E-state index in [-0.39, 0.29) is 5.41 Å². The highest BCUT2D eigenvalue weighted by atomic mass is 16.6. The maximum absolute atomic E-state index is 7.21. The number of aromatic nitrogens is 3. The SMILES string of the molecule is CC1(C)c2ccc#cc2-c2ccc(-c3nc(-c4ccccc4)nc(-c4cccc5c4Oc4c(ccc6c4-c4ccccc4C6(c4ccccc4)c4ccccc4)O5)n3)cc21. The van der Waals surface area contributed by atoms with E-state index in [1.807, 2.05) is 60.7 Å². The van der Waals surface area contributed by atoms with Gasteiger partial charge < -0.3 is 9.47 Å². The zero-order valence-electron chi connectivity index (χ0n) is 32.9. The van der Waals surface area contributed by atoms with E-state index in [1.54, 1.807) is 0 Å². The molecule has 0 bridgehead atoms. The number of rotatable bonds is 5. The van der Waals surface area contributed by atoms with Gasteiger partial charge in [-0.3, -0.25) is 0 Å². The summed E-state index contributed by atoms with van der Waals surface area (Å²) in [5.41, 5.74) is 13.2. The molecule has 8 aromatic carbocycles. The smallest absolute Gasteiger partial charge is 0.181 e. The van der Waals surface area contributed by atoms with Crippen LogP contribution in [0.4, 0.5) is 0 Å². The second-order valence-electron chi connectivity index (χ2n) is 16.1. The van der Waals surface area contributed by atoms with Gasteiger partial charge in [0.15, 0.2) is 40.5 Å². The molecule has 0 saturated carbocycles. The minimum atomic E-state index is -0.581. The molecule has 0 N–H and O–H groups in total. The maximum Gasteiger partial charge on any atom is 0.181 e. The molecular formula is C55H35N3O2. The predicted molar refractivity (Wildman–Crippen MR) is 235 cm³/mol. The summed E-state index contributed by atoms with van der Waals surface area (Å²) in [6.07, 6.45) is 0. The van der Waals surface area contributed by atoms with Crippen molar-refractivity contribution in [2.75, 3.05) is 0 Å². The fraction of sp³-hybridized carbons (Fsp3) is 0.0727. The van der Waals surface area contributed by atoms with Crippen LogP contribution in [0, 0.1) is 12.1 Å². The molecule has 0 fully saturated rings. The lowest BCUT2D eigenvalue weighted by Crippen LogP contribution is -2.28. The first-order valence-corrected chi connectivity index (χ1v) is 20.3. The Morgan fingerprint density at radius 3 is 1.87 bits per heavy atom. The van der Waals surface area contributed by atoms with Crippen molar-refractivity contribution in [2.24, 2.45) is 0 Å². The van der Waals surface area contributed by atoms with E-state index in [9.17, 15) is 0 Å². The zero-order chi connectivity index (χ0) is 40.0. The Morgan fingerprint density at radius 1 is 0.450 bits per heavy atom. The highest BCUT2D eigenvalue weighted by molar-refractivity contribution is 5.92. The van der Waals surface area contributed by atoms with Gasteiger partial charge in [0, 0.05) is 27.7 Å². The molecule has 0 spiro atoms. The number of hydrogen-bond acceptors (Lipinski definition) is 5. The van der Waals surface area contributed by atoms with Crippen LogP contribution in [0.2, 0.25) is 0 Å². The molecule has 282 valence electrons. The summed E-state index contributed by atoms with van der Waals surface area (Å²) in [6, 6.07) is 67.5. The molecule has 60 heavy (non-hydrogen) atoms. The van der Waals surface area contributed by atoms with Crippen LogP contribution >= 0.6 is 0 Å². The number of fused-ring (bicyclic) bond motifs is 9. The normalized spacial score (nSPS) is 14.2. The Bertz CT molecular complexity index is 3140. The van der Waals surface area contributed by atoms with E-state index < -0.39 is 5.41 Å². The quantitative estimate of drug-likeness (QED) is 0.174. The zero-order valence-corrected chi connectivity index (χ0v) is 32.9. The predicted octanol–water partition coefficient (Wildman–Crippen LogP) is 13.0. The van der Waals surface area contributed by atoms with Gasteiger partial charge >= 0.3 is 0 Å². The Balaban J connectivity index is 1.04. The summed E-state index contributed by atoms with van der Waals surface area (Å²) in [5.74, 6) is 4.11. The molecule has 0 atom stereocenters. The molecule has 2 aliphatic carbocycles. The third-order valence-corrected chi connectivity index (χ3v) is 12.5. The largest absolute Gasteiger partial charge is 0.449 e. The Kier molecular flexibility index (Phi) is 7.33. The number of hydrogen-bond donors (Lipinski definition) is 0. The van der Waals surface area contributed by atoms with Crippen LogP contribution in [-0.4, -0.2) is 15.0 Å². The van der Waals surface area contributed by atoms with E-state index >= 15 is 0 Å². The van der Waals surface area contributed by atoms with E-state index in [1.165, 1.54) is 27.8 Å². The van der Waals surface area contributed by atoms with Crippen LogP contribution < -0.4 is 9.47 Å². The van der Waals surface area contributed by atoms with E-state index in [4.69, 9.17) is 24.4 Å². The van der Waals surface area contributed by atoms with Gasteiger partial charge in [-0.25, -0.2) is 15.0 Å². The first-order valence-electron chi connectivity index (χ1n) is 20.3. The fourth-order valence-electron chi connectivity index (χ4n) is 9.79. The summed E-state index contributed by atoms with van der Waals surface area (Å²) < 4.78 is 14.0. The average Bonchev–Trinajstić information content (AvgIpc) is 3.74. The molecule has 1 aromatic heterocycles. The molecule has 0 unspecified atom stereocenters. The number of benzene rings is 7. The van der Waals surface area contributed by atoms with Crippen molar-refractivity contribution < 1.29 is 9.47 Å². The Labute approximate surface area is 348 Å². The lowest BCUT2D eigenvalue weighted by molar-refractivity contribution is 0.361. The highest BCUT2D eigenvalue weighted by Crippen LogP contribution is 2.63. The molecule has 9 aromatic rings. The number of para-hydroxylation sites is 1. The van der Waals surface area contributed by atoms with Crippen LogP contribution in [0.1, 0.15) is 47.2 Å². The summed E-state index contributed by atoms with van der Waals surface area (Å²) >= 11 is 0. The van der Waals surface area contributed by atoms with E-state index in [0.717, 1.165) is 38.9 Å². The minimum Gasteiger partial charge on any atom is -0.449 e. The third kappa shape index (κ3) is 4.85. The molecule has 0 saturated heterocycles. The average molecular weight is 770 g/mol. The van der Waals surface area contributed by atoms with Crippen molar-refractivity contribution >= 4 is 0 Å². The molecule has 0 radical (unpaired) electrons. The Hall–Kier alpha value is -7.81. The van der Waals surface area contributed by atoms with Crippen LogP contribution in [0.25, 0.3) is 56.4 Å². The minimum absolute atomic E-state index is 0.223. The monoisotopic (exact) mass is 769 g/mol. The summed E-state index contributed by atoms with van der Waals surface area (Å²) in [4.78, 5) is 15.5. The molecule has 5 heteroatoms. The first-order chi connectivity index (χ1) is 29.5. The van der Waals surface area contributed by atoms with Gasteiger partial charge in [-0.15, -0.1) is 0 Å². The number of nitrogens with zero attached hydrogens (tertiary/aromatic N) is 3. The summed E-state index contributed by atoms with van der Waals surface area (Å²) in [5, 5.41) is 0. The molecule has 5 nitrogen and oxygen atoms in total. The van der Waals surface area contributed by atoms with Crippen LogP contribution in [-0.2, 0) is 10.8 Å². The van der Waals surface area contributed by atoms with Gasteiger partial charge in [-0.1, -0.05) is 166 Å². The lowest BCUT2D eigenvalue weighted by atomic mass is 9.68. The lowest BCUT2D eigenvalue weighted by Gasteiger charge is -2.34. The maximum atomic E-state index is 7.21. The van der Waals surface area contributed by atoms with Crippen molar-refractivity contribution in [1.82, 2.24) is 15.0 Å². The van der Waals surface area contributed by atoms with Gasteiger partial charge in [0.25, 0.3) is 0 Å². The second kappa shape index (κ2) is 12.8. The van der Waals surface area contributed by atoms with E-state index in [2.05, 4.69) is 141 Å². The van der Waals surface area contributed by atoms with Crippen LogP contribution in [0.5, 0.6) is 23.0 Å². The Morgan fingerprint density at radius 2 is 1.10 bits per heavy atom. The highest BCUT2D eigenvalue weighted by Gasteiger charge is 2.48. The molecule has 0 amide bonds. The topological polar surface area (TPSA) is 57.1 Å². The standard InChI is InChI=1S/C55H35N3O2/c1-54(2)42-26-14-12-23-38(42)39-30-29-35(33-45(39)54)52-56-51(34-17-6-3-7-18-34)57-53(58-52)41-25-16-28-46-49(41)60-50-47(59-46)32-31-44-48(50)40-24-13-15-27-43(40)55(44,36-19-8-4-9-20-36)37-21-10-5-11-22-37/h3-11,13-22,24-33H,1-2H3. The third-order valence-electron chi connectivity index (χ3n) is 12.5. The van der Waals surface area contributed by atoms with Crippen molar-refractivity contribution in [3.05, 3.63) is 221 Å². The van der Waals surface area contributed by atoms with Gasteiger partial charge in [-0.05, 0) is 80.9 Å². The van der Waals surface area contributed by atoms with Gasteiger partial charge in [-0.2, -0.15) is 0 Å². The molecule has 12 rings (SSSR count). The van der Waals surface area contributed by atoms with Gasteiger partial charge in [0.05, 0.1) is 11.0 Å². The molecule has 3 aliphatic rings. The fourth-order valence-corrected chi connectivity index (χ4v) is 9.79. The van der Waals surface area contributed by atoms with Crippen molar-refractivity contribution in [3.63, 3.8) is 0 Å². The second-order valence-corrected chi connectivity index (χ2v) is 16.1. The van der Waals surface area contributed by atoms with Gasteiger partial charge in [0.1, 0.15) is 0 Å². The van der Waals surface area contributed by atoms with Crippen LogP contribution in [0.3, 0.4) is 0 Å². The van der Waals surface area contributed by atoms with Crippen molar-refractivity contribution in [1.29, 1.82) is 0 Å². The van der Waals surface area contributed by atoms with E-state index in [0.29, 0.717) is 46.0 Å². The van der Waals surface area contributed by atoms with Crippen LogP contribution in [0.15, 0.2) is 176 Å². The molecule has 2 heterocycles.